The fourth-order valence-electron chi connectivity index (χ4n) is 1.74. The third-order valence-corrected chi connectivity index (χ3v) is 4.34. The maximum absolute atomic E-state index is 12.2. The smallest absolute Gasteiger partial charge is 0.262 e. The van der Waals surface area contributed by atoms with Gasteiger partial charge in [-0.25, -0.2) is 8.42 Å². The fourth-order valence-corrected chi connectivity index (χ4v) is 3.20. The van der Waals surface area contributed by atoms with Gasteiger partial charge >= 0.3 is 0 Å². The summed E-state index contributed by atoms with van der Waals surface area (Å²) in [5, 5.41) is 0.467. The Morgan fingerprint density at radius 1 is 1.16 bits per heavy atom. The lowest BCUT2D eigenvalue weighted by molar-refractivity contribution is 0.600. The van der Waals surface area contributed by atoms with Crippen molar-refractivity contribution in [3.8, 4) is 0 Å². The minimum atomic E-state index is -3.64. The lowest BCUT2D eigenvalue weighted by Gasteiger charge is -2.11. The lowest BCUT2D eigenvalue weighted by Crippen LogP contribution is -2.14. The predicted molar refractivity (Wildman–Crippen MR) is 77.9 cm³/mol. The Morgan fingerprint density at radius 2 is 1.89 bits per heavy atom. The number of hydrogen-bond donors (Lipinski definition) is 2. The molecule has 0 aliphatic rings. The number of halogens is 1. The first kappa shape index (κ1) is 13.7. The van der Waals surface area contributed by atoms with Crippen LogP contribution in [-0.4, -0.2) is 8.42 Å². The molecule has 0 aliphatic carbocycles. The Kier molecular flexibility index (Phi) is 3.68. The average molecular weight is 297 g/mol. The maximum atomic E-state index is 12.2. The SMILES string of the molecule is Cc1cc(N)ccc1S(=O)(=O)Nc1cccc(Cl)c1. The van der Waals surface area contributed by atoms with Gasteiger partial charge in [0.2, 0.25) is 0 Å². The summed E-state index contributed by atoms with van der Waals surface area (Å²) in [6, 6.07) is 11.2. The van der Waals surface area contributed by atoms with Crippen LogP contribution in [0.3, 0.4) is 0 Å². The van der Waals surface area contributed by atoms with Gasteiger partial charge in [0.25, 0.3) is 10.0 Å². The molecule has 19 heavy (non-hydrogen) atoms. The first-order valence-electron chi connectivity index (χ1n) is 5.53. The summed E-state index contributed by atoms with van der Waals surface area (Å²) in [6.07, 6.45) is 0. The number of nitrogens with one attached hydrogen (secondary N) is 1. The normalized spacial score (nSPS) is 11.3. The molecule has 100 valence electrons. The number of nitrogens with two attached hydrogens (primary N) is 1. The Hall–Kier alpha value is -1.72. The van der Waals surface area contributed by atoms with Crippen molar-refractivity contribution in [2.75, 3.05) is 10.5 Å². The number of rotatable bonds is 3. The van der Waals surface area contributed by atoms with Crippen molar-refractivity contribution in [1.82, 2.24) is 0 Å². The summed E-state index contributed by atoms with van der Waals surface area (Å²) in [6.45, 7) is 1.70. The monoisotopic (exact) mass is 296 g/mol. The third kappa shape index (κ3) is 3.19. The van der Waals surface area contributed by atoms with Crippen molar-refractivity contribution < 1.29 is 8.42 Å². The standard InChI is InChI=1S/C13H13ClN2O2S/c1-9-7-11(15)5-6-13(9)19(17,18)16-12-4-2-3-10(14)8-12/h2-8,16H,15H2,1H3. The Morgan fingerprint density at radius 3 is 2.53 bits per heavy atom. The first-order valence-corrected chi connectivity index (χ1v) is 7.39. The van der Waals surface area contributed by atoms with Gasteiger partial charge in [0.1, 0.15) is 0 Å². The molecule has 0 heterocycles. The van der Waals surface area contributed by atoms with E-state index in [2.05, 4.69) is 4.72 Å². The molecule has 0 amide bonds. The molecule has 0 spiro atoms. The van der Waals surface area contributed by atoms with Gasteiger partial charge in [0.05, 0.1) is 10.6 Å². The van der Waals surface area contributed by atoms with Crippen LogP contribution in [0.25, 0.3) is 0 Å². The second-order valence-corrected chi connectivity index (χ2v) is 6.23. The van der Waals surface area contributed by atoms with Crippen molar-refractivity contribution in [3.63, 3.8) is 0 Å². The van der Waals surface area contributed by atoms with Gasteiger partial charge in [-0.15, -0.1) is 0 Å². The van der Waals surface area contributed by atoms with Crippen LogP contribution in [0.1, 0.15) is 5.56 Å². The highest BCUT2D eigenvalue weighted by atomic mass is 35.5. The molecule has 0 bridgehead atoms. The highest BCUT2D eigenvalue weighted by molar-refractivity contribution is 7.92. The fraction of sp³-hybridized carbons (Fsp3) is 0.0769. The van der Waals surface area contributed by atoms with Gasteiger partial charge in [0.15, 0.2) is 0 Å². The largest absolute Gasteiger partial charge is 0.399 e. The highest BCUT2D eigenvalue weighted by Crippen LogP contribution is 2.22. The number of anilines is 2. The van der Waals surface area contributed by atoms with Crippen molar-refractivity contribution in [2.45, 2.75) is 11.8 Å². The van der Waals surface area contributed by atoms with Crippen LogP contribution >= 0.6 is 11.6 Å². The molecule has 0 saturated carbocycles. The molecule has 0 saturated heterocycles. The van der Waals surface area contributed by atoms with Crippen LogP contribution in [0.4, 0.5) is 11.4 Å². The molecule has 0 radical (unpaired) electrons. The number of sulfonamides is 1. The third-order valence-electron chi connectivity index (χ3n) is 2.57. The molecular weight excluding hydrogens is 284 g/mol. The second-order valence-electron chi connectivity index (χ2n) is 4.14. The van der Waals surface area contributed by atoms with Crippen LogP contribution in [0.15, 0.2) is 47.4 Å². The van der Waals surface area contributed by atoms with Gasteiger partial charge in [-0.2, -0.15) is 0 Å². The molecule has 0 aromatic heterocycles. The second kappa shape index (κ2) is 5.11. The minimum absolute atomic E-state index is 0.196. The van der Waals surface area contributed by atoms with E-state index in [0.29, 0.717) is 22.0 Å². The van der Waals surface area contributed by atoms with Crippen molar-refractivity contribution >= 4 is 33.0 Å². The zero-order valence-electron chi connectivity index (χ0n) is 10.2. The van der Waals surface area contributed by atoms with Crippen molar-refractivity contribution in [3.05, 3.63) is 53.1 Å². The van der Waals surface area contributed by atoms with Crippen LogP contribution < -0.4 is 10.5 Å². The average Bonchev–Trinajstić information content (AvgIpc) is 2.27. The zero-order chi connectivity index (χ0) is 14.0. The molecule has 4 nitrogen and oxygen atoms in total. The van der Waals surface area contributed by atoms with Crippen LogP contribution in [-0.2, 0) is 10.0 Å². The van der Waals surface area contributed by atoms with Gasteiger partial charge in [-0.05, 0) is 48.9 Å². The quantitative estimate of drug-likeness (QED) is 0.855. The van der Waals surface area contributed by atoms with E-state index in [1.807, 2.05) is 0 Å². The van der Waals surface area contributed by atoms with E-state index in [0.717, 1.165) is 0 Å². The number of nitrogen functional groups attached to an aromatic ring is 1. The molecule has 0 aliphatic heterocycles. The molecular formula is C13H13ClN2O2S. The van der Waals surface area contributed by atoms with Gasteiger partial charge in [-0.3, -0.25) is 4.72 Å². The van der Waals surface area contributed by atoms with Crippen LogP contribution in [0.5, 0.6) is 0 Å². The predicted octanol–water partition coefficient (Wildman–Crippen LogP) is 3.03. The molecule has 2 rings (SSSR count). The molecule has 0 atom stereocenters. The number of hydrogen-bond acceptors (Lipinski definition) is 3. The van der Waals surface area contributed by atoms with E-state index in [1.165, 1.54) is 6.07 Å². The van der Waals surface area contributed by atoms with Gasteiger partial charge in [0, 0.05) is 10.7 Å². The van der Waals surface area contributed by atoms with Crippen molar-refractivity contribution in [2.24, 2.45) is 0 Å². The summed E-state index contributed by atoms with van der Waals surface area (Å²) < 4.78 is 27.0. The van der Waals surface area contributed by atoms with Crippen LogP contribution in [0.2, 0.25) is 5.02 Å². The summed E-state index contributed by atoms with van der Waals surface area (Å²) in [5.41, 5.74) is 7.15. The first-order chi connectivity index (χ1) is 8.88. The van der Waals surface area contributed by atoms with Crippen LogP contribution in [0, 0.1) is 6.92 Å². The number of aryl methyl sites for hydroxylation is 1. The molecule has 2 aromatic carbocycles. The highest BCUT2D eigenvalue weighted by Gasteiger charge is 2.16. The van der Waals surface area contributed by atoms with E-state index >= 15 is 0 Å². The Bertz CT molecular complexity index is 714. The maximum Gasteiger partial charge on any atom is 0.262 e. The minimum Gasteiger partial charge on any atom is -0.399 e. The molecule has 6 heteroatoms. The lowest BCUT2D eigenvalue weighted by atomic mass is 10.2. The van der Waals surface area contributed by atoms with Gasteiger partial charge < -0.3 is 5.73 Å². The van der Waals surface area contributed by atoms with Gasteiger partial charge in [-0.1, -0.05) is 17.7 Å². The van der Waals surface area contributed by atoms with E-state index in [4.69, 9.17) is 17.3 Å². The molecule has 0 fully saturated rings. The molecule has 3 N–H and O–H groups in total. The van der Waals surface area contributed by atoms with E-state index in [1.54, 1.807) is 43.3 Å². The molecule has 2 aromatic rings. The Balaban J connectivity index is 2.38. The summed E-state index contributed by atoms with van der Waals surface area (Å²) in [5.74, 6) is 0. The van der Waals surface area contributed by atoms with Crippen molar-refractivity contribution in [1.29, 1.82) is 0 Å². The number of benzene rings is 2. The van der Waals surface area contributed by atoms with E-state index < -0.39 is 10.0 Å². The van der Waals surface area contributed by atoms with E-state index in [9.17, 15) is 8.42 Å². The zero-order valence-corrected chi connectivity index (χ0v) is 11.8. The summed E-state index contributed by atoms with van der Waals surface area (Å²) in [7, 11) is -3.64. The van der Waals surface area contributed by atoms with E-state index in [-0.39, 0.29) is 4.90 Å². The Labute approximate surface area is 117 Å². The summed E-state index contributed by atoms with van der Waals surface area (Å²) >= 11 is 5.82. The summed E-state index contributed by atoms with van der Waals surface area (Å²) in [4.78, 5) is 0.196. The topological polar surface area (TPSA) is 72.2 Å². The molecule has 0 unspecified atom stereocenters.